The van der Waals surface area contributed by atoms with Crippen molar-refractivity contribution in [1.29, 1.82) is 5.26 Å². The summed E-state index contributed by atoms with van der Waals surface area (Å²) in [5.41, 5.74) is -1.38. The molecule has 4 fully saturated rings. The number of amides is 1. The van der Waals surface area contributed by atoms with Gasteiger partial charge in [0.25, 0.3) is 5.91 Å². The fourth-order valence-corrected chi connectivity index (χ4v) is 6.35. The number of hydrogen-bond acceptors (Lipinski definition) is 4. The lowest BCUT2D eigenvalue weighted by atomic mass is 9.47. The van der Waals surface area contributed by atoms with Gasteiger partial charge in [0.1, 0.15) is 0 Å². The number of nitriles is 1. The number of alkyl halides is 3. The molecule has 4 aliphatic rings. The van der Waals surface area contributed by atoms with Crippen LogP contribution in [0.25, 0.3) is 0 Å². The normalized spacial score (nSPS) is 33.4. The van der Waals surface area contributed by atoms with Gasteiger partial charge in [-0.3, -0.25) is 4.79 Å². The van der Waals surface area contributed by atoms with E-state index in [1.807, 2.05) is 0 Å². The van der Waals surface area contributed by atoms with Gasteiger partial charge in [-0.05, 0) is 68.6 Å². The van der Waals surface area contributed by atoms with Crippen molar-refractivity contribution < 1.29 is 18.0 Å². The van der Waals surface area contributed by atoms with Gasteiger partial charge in [0.05, 0.1) is 28.3 Å². The number of halogens is 3. The van der Waals surface area contributed by atoms with Crippen LogP contribution in [0.3, 0.4) is 0 Å². The highest BCUT2D eigenvalue weighted by Gasteiger charge is 2.58. The fraction of sp³-hybridized carbons (Fsp3) is 0.600. The maximum absolute atomic E-state index is 13.2. The number of anilines is 1. The smallest absolute Gasteiger partial charge is 0.346 e. The first-order valence-electron chi connectivity index (χ1n) is 9.42. The zero-order chi connectivity index (χ0) is 20.2. The molecule has 4 nitrogen and oxygen atoms in total. The van der Waals surface area contributed by atoms with E-state index in [4.69, 9.17) is 0 Å². The Labute approximate surface area is 166 Å². The van der Waals surface area contributed by atoms with Crippen molar-refractivity contribution in [3.8, 4) is 6.07 Å². The first-order chi connectivity index (χ1) is 13.2. The molecule has 4 saturated carbocycles. The second-order valence-corrected chi connectivity index (χ2v) is 9.26. The zero-order valence-corrected chi connectivity index (χ0v) is 16.3. The van der Waals surface area contributed by atoms with E-state index >= 15 is 0 Å². The van der Waals surface area contributed by atoms with Crippen LogP contribution >= 0.6 is 11.9 Å². The van der Waals surface area contributed by atoms with E-state index < -0.39 is 28.6 Å². The van der Waals surface area contributed by atoms with Crippen molar-refractivity contribution in [3.63, 3.8) is 0 Å². The number of benzene rings is 1. The molecule has 2 unspecified atom stereocenters. The third kappa shape index (κ3) is 3.34. The molecule has 0 aromatic heterocycles. The summed E-state index contributed by atoms with van der Waals surface area (Å²) in [6, 6.07) is 5.68. The Hall–Kier alpha value is -1.88. The van der Waals surface area contributed by atoms with E-state index in [-0.39, 0.29) is 5.56 Å². The lowest BCUT2D eigenvalue weighted by molar-refractivity contribution is -0.137. The van der Waals surface area contributed by atoms with E-state index in [9.17, 15) is 23.2 Å². The standard InChI is InChI=1S/C20H22F3N3OS/c1-28-26-16-3-2-14(20(21,22)23)5-15(16)17(27)25-19-8-12-4-13(9-19)7-18(6-12,10-19)11-24/h2-3,5,12-13,26H,4,6-10H2,1H3,(H,25,27). The van der Waals surface area contributed by atoms with Crippen LogP contribution in [-0.2, 0) is 6.18 Å². The summed E-state index contributed by atoms with van der Waals surface area (Å²) >= 11 is 1.22. The van der Waals surface area contributed by atoms with E-state index in [1.165, 1.54) is 18.0 Å². The van der Waals surface area contributed by atoms with E-state index in [2.05, 4.69) is 16.1 Å². The number of nitrogens with one attached hydrogen (secondary N) is 2. The zero-order valence-electron chi connectivity index (χ0n) is 15.5. The Morgan fingerprint density at radius 1 is 1.25 bits per heavy atom. The number of hydrogen-bond donors (Lipinski definition) is 2. The molecule has 0 saturated heterocycles. The van der Waals surface area contributed by atoms with Gasteiger partial charge in [0, 0.05) is 11.8 Å². The molecular formula is C20H22F3N3OS. The van der Waals surface area contributed by atoms with Crippen LogP contribution in [0.2, 0.25) is 0 Å². The van der Waals surface area contributed by atoms with Crippen LogP contribution < -0.4 is 10.0 Å². The number of carbonyl (C=O) groups is 1. The Kier molecular flexibility index (Phi) is 4.57. The summed E-state index contributed by atoms with van der Waals surface area (Å²) in [5, 5.41) is 12.8. The molecule has 4 bridgehead atoms. The molecule has 5 rings (SSSR count). The molecule has 150 valence electrons. The van der Waals surface area contributed by atoms with Crippen LogP contribution in [0.5, 0.6) is 0 Å². The molecule has 0 spiro atoms. The number of nitrogens with zero attached hydrogens (tertiary/aromatic N) is 1. The minimum atomic E-state index is -4.52. The van der Waals surface area contributed by atoms with Crippen LogP contribution in [0.15, 0.2) is 18.2 Å². The second-order valence-electron chi connectivity index (χ2n) is 8.65. The highest BCUT2D eigenvalue weighted by Crippen LogP contribution is 2.61. The predicted octanol–water partition coefficient (Wildman–Crippen LogP) is 4.99. The highest BCUT2D eigenvalue weighted by atomic mass is 32.2. The van der Waals surface area contributed by atoms with Crippen LogP contribution in [0.4, 0.5) is 18.9 Å². The van der Waals surface area contributed by atoms with Crippen LogP contribution in [-0.4, -0.2) is 17.7 Å². The van der Waals surface area contributed by atoms with Gasteiger partial charge in [0.15, 0.2) is 0 Å². The summed E-state index contributed by atoms with van der Waals surface area (Å²) in [7, 11) is 0. The van der Waals surface area contributed by atoms with E-state index in [0.29, 0.717) is 23.9 Å². The Morgan fingerprint density at radius 2 is 1.93 bits per heavy atom. The average Bonchev–Trinajstić information content (AvgIpc) is 2.59. The maximum Gasteiger partial charge on any atom is 0.416 e. The fourth-order valence-electron chi connectivity index (χ4n) is 5.96. The summed E-state index contributed by atoms with van der Waals surface area (Å²) in [6.45, 7) is 0. The molecule has 1 amide bonds. The topological polar surface area (TPSA) is 64.9 Å². The quantitative estimate of drug-likeness (QED) is 0.688. The lowest BCUT2D eigenvalue weighted by Crippen LogP contribution is -2.62. The molecule has 0 heterocycles. The van der Waals surface area contributed by atoms with Gasteiger partial charge in [0.2, 0.25) is 0 Å². The Balaban J connectivity index is 1.64. The number of rotatable bonds is 4. The largest absolute Gasteiger partial charge is 0.416 e. The van der Waals surface area contributed by atoms with Gasteiger partial charge in [-0.1, -0.05) is 11.9 Å². The Morgan fingerprint density at radius 3 is 2.50 bits per heavy atom. The molecule has 4 aliphatic carbocycles. The van der Waals surface area contributed by atoms with Gasteiger partial charge in [-0.15, -0.1) is 0 Å². The van der Waals surface area contributed by atoms with Gasteiger partial charge < -0.3 is 10.0 Å². The van der Waals surface area contributed by atoms with Gasteiger partial charge in [-0.25, -0.2) is 0 Å². The van der Waals surface area contributed by atoms with Crippen molar-refractivity contribution in [2.24, 2.45) is 17.3 Å². The van der Waals surface area contributed by atoms with Gasteiger partial charge in [-0.2, -0.15) is 18.4 Å². The van der Waals surface area contributed by atoms with E-state index in [0.717, 1.165) is 44.2 Å². The molecule has 1 aromatic carbocycles. The van der Waals surface area contributed by atoms with Gasteiger partial charge >= 0.3 is 6.18 Å². The van der Waals surface area contributed by atoms with Crippen LogP contribution in [0.1, 0.15) is 54.4 Å². The minimum absolute atomic E-state index is 0.00840. The lowest BCUT2D eigenvalue weighted by Gasteiger charge is -2.59. The van der Waals surface area contributed by atoms with E-state index in [1.54, 1.807) is 6.26 Å². The molecule has 2 N–H and O–H groups in total. The van der Waals surface area contributed by atoms with Crippen molar-refractivity contribution in [3.05, 3.63) is 29.3 Å². The van der Waals surface area contributed by atoms with Crippen molar-refractivity contribution in [2.75, 3.05) is 11.0 Å². The molecule has 8 heteroatoms. The van der Waals surface area contributed by atoms with Crippen molar-refractivity contribution >= 4 is 23.5 Å². The van der Waals surface area contributed by atoms with Crippen molar-refractivity contribution in [2.45, 2.75) is 50.2 Å². The predicted molar refractivity (Wildman–Crippen MR) is 102 cm³/mol. The SMILES string of the molecule is CSNc1ccc(C(F)(F)F)cc1C(=O)NC12CC3CC(CC(C#N)(C3)C1)C2. The summed E-state index contributed by atoms with van der Waals surface area (Å²) in [4.78, 5) is 13.1. The summed E-state index contributed by atoms with van der Waals surface area (Å²) in [5.74, 6) is 0.315. The molecular weight excluding hydrogens is 387 g/mol. The highest BCUT2D eigenvalue weighted by molar-refractivity contribution is 7.99. The minimum Gasteiger partial charge on any atom is -0.346 e. The third-order valence-electron chi connectivity index (χ3n) is 6.48. The Bertz CT molecular complexity index is 834. The average molecular weight is 409 g/mol. The molecule has 1 aromatic rings. The maximum atomic E-state index is 13.2. The first-order valence-corrected chi connectivity index (χ1v) is 10.6. The molecule has 0 aliphatic heterocycles. The molecule has 0 radical (unpaired) electrons. The van der Waals surface area contributed by atoms with Crippen LogP contribution in [0, 0.1) is 28.6 Å². The molecule has 2 atom stereocenters. The third-order valence-corrected chi connectivity index (χ3v) is 6.90. The summed E-state index contributed by atoms with van der Waals surface area (Å²) in [6.07, 6.45) is 2.28. The number of carbonyl (C=O) groups excluding carboxylic acids is 1. The van der Waals surface area contributed by atoms with Crippen molar-refractivity contribution in [1.82, 2.24) is 5.32 Å². The first kappa shape index (κ1) is 19.4. The second kappa shape index (κ2) is 6.58. The monoisotopic (exact) mass is 409 g/mol. The molecule has 28 heavy (non-hydrogen) atoms. The summed E-state index contributed by atoms with van der Waals surface area (Å²) < 4.78 is 42.4.